The Bertz CT molecular complexity index is 782. The number of piperazine rings is 1. The molecule has 2 amide bonds. The third kappa shape index (κ3) is 3.20. The van der Waals surface area contributed by atoms with E-state index in [1.807, 2.05) is 10.8 Å². The molecule has 3 rings (SSSR count). The van der Waals surface area contributed by atoms with Crippen LogP contribution < -0.4 is 5.56 Å². The lowest BCUT2D eigenvalue weighted by Gasteiger charge is -2.34. The van der Waals surface area contributed by atoms with Crippen LogP contribution in [0.2, 0.25) is 0 Å². The van der Waals surface area contributed by atoms with E-state index >= 15 is 0 Å². The molecule has 0 aliphatic carbocycles. The molecule has 0 unspecified atom stereocenters. The van der Waals surface area contributed by atoms with Crippen molar-refractivity contribution in [1.29, 1.82) is 0 Å². The number of H-pyrrole nitrogens is 1. The minimum absolute atomic E-state index is 0.0196. The Kier molecular flexibility index (Phi) is 4.58. The van der Waals surface area contributed by atoms with Gasteiger partial charge in [-0.05, 0) is 27.4 Å². The van der Waals surface area contributed by atoms with Crippen LogP contribution in [0.4, 0.5) is 0 Å². The predicted octanol–water partition coefficient (Wildman–Crippen LogP) is 1.19. The van der Waals surface area contributed by atoms with Crippen LogP contribution in [0.25, 0.3) is 0 Å². The molecule has 0 atom stereocenters. The standard InChI is InChI=1S/C14H13BrN4O3S/c15-10-11(16-8-17-12(10)20)14(22)19-4-2-18(3-5-19)13(21)9-1-6-23-7-9/h1,6-8H,2-5H2,(H,16,17,20). The summed E-state index contributed by atoms with van der Waals surface area (Å²) in [6.07, 6.45) is 1.21. The van der Waals surface area contributed by atoms with Crippen molar-refractivity contribution in [2.45, 2.75) is 0 Å². The zero-order valence-corrected chi connectivity index (χ0v) is 14.4. The summed E-state index contributed by atoms with van der Waals surface area (Å²) in [7, 11) is 0. The lowest BCUT2D eigenvalue weighted by Crippen LogP contribution is -2.50. The molecule has 9 heteroatoms. The van der Waals surface area contributed by atoms with Gasteiger partial charge in [0.25, 0.3) is 17.4 Å². The number of hydrogen-bond donors (Lipinski definition) is 1. The summed E-state index contributed by atoms with van der Waals surface area (Å²) in [5, 5.41) is 3.68. The molecular formula is C14H13BrN4O3S. The molecular weight excluding hydrogens is 384 g/mol. The van der Waals surface area contributed by atoms with E-state index in [9.17, 15) is 14.4 Å². The molecule has 0 aromatic carbocycles. The zero-order valence-electron chi connectivity index (χ0n) is 12.0. The molecule has 1 fully saturated rings. The van der Waals surface area contributed by atoms with Gasteiger partial charge in [-0.1, -0.05) is 0 Å². The molecule has 1 aliphatic heterocycles. The molecule has 2 aromatic heterocycles. The maximum absolute atomic E-state index is 12.5. The van der Waals surface area contributed by atoms with Crippen molar-refractivity contribution in [3.05, 3.63) is 49.2 Å². The first-order valence-electron chi connectivity index (χ1n) is 6.92. The Morgan fingerprint density at radius 1 is 1.17 bits per heavy atom. The van der Waals surface area contributed by atoms with Gasteiger partial charge in [-0.25, -0.2) is 4.98 Å². The number of nitrogens with one attached hydrogen (secondary N) is 1. The number of aromatic amines is 1. The number of amides is 2. The third-order valence-corrected chi connectivity index (χ3v) is 5.04. The van der Waals surface area contributed by atoms with E-state index < -0.39 is 5.56 Å². The zero-order chi connectivity index (χ0) is 16.4. The molecule has 1 aliphatic rings. The summed E-state index contributed by atoms with van der Waals surface area (Å²) in [6.45, 7) is 1.74. The molecule has 23 heavy (non-hydrogen) atoms. The summed E-state index contributed by atoms with van der Waals surface area (Å²) < 4.78 is 0.127. The van der Waals surface area contributed by atoms with Gasteiger partial charge in [0.05, 0.1) is 11.9 Å². The largest absolute Gasteiger partial charge is 0.335 e. The third-order valence-electron chi connectivity index (χ3n) is 3.62. The van der Waals surface area contributed by atoms with Crippen molar-refractivity contribution in [3.63, 3.8) is 0 Å². The van der Waals surface area contributed by atoms with Gasteiger partial charge in [-0.15, -0.1) is 0 Å². The number of rotatable bonds is 2. The van der Waals surface area contributed by atoms with Gasteiger partial charge in [-0.2, -0.15) is 11.3 Å². The first kappa shape index (κ1) is 15.9. The van der Waals surface area contributed by atoms with Gasteiger partial charge in [0.1, 0.15) is 10.2 Å². The van der Waals surface area contributed by atoms with Gasteiger partial charge in [0, 0.05) is 31.6 Å². The van der Waals surface area contributed by atoms with Crippen molar-refractivity contribution < 1.29 is 9.59 Å². The van der Waals surface area contributed by atoms with Gasteiger partial charge >= 0.3 is 0 Å². The number of aromatic nitrogens is 2. The average Bonchev–Trinajstić information content (AvgIpc) is 3.11. The maximum atomic E-state index is 12.5. The smallest absolute Gasteiger partial charge is 0.274 e. The summed E-state index contributed by atoms with van der Waals surface area (Å²) >= 11 is 4.57. The van der Waals surface area contributed by atoms with Crippen molar-refractivity contribution in [2.24, 2.45) is 0 Å². The van der Waals surface area contributed by atoms with Crippen LogP contribution in [-0.4, -0.2) is 57.8 Å². The SMILES string of the molecule is O=C(c1ccsc1)N1CCN(C(=O)c2nc[nH]c(=O)c2Br)CC1. The Morgan fingerprint density at radius 2 is 1.83 bits per heavy atom. The van der Waals surface area contributed by atoms with Crippen LogP contribution >= 0.6 is 27.3 Å². The van der Waals surface area contributed by atoms with Crippen LogP contribution in [0.3, 0.4) is 0 Å². The van der Waals surface area contributed by atoms with Crippen molar-refractivity contribution in [3.8, 4) is 0 Å². The second-order valence-corrected chi connectivity index (χ2v) is 6.56. The highest BCUT2D eigenvalue weighted by Crippen LogP contribution is 2.15. The van der Waals surface area contributed by atoms with Gasteiger partial charge in [0.2, 0.25) is 0 Å². The van der Waals surface area contributed by atoms with Crippen molar-refractivity contribution in [2.75, 3.05) is 26.2 Å². The number of hydrogen-bond acceptors (Lipinski definition) is 5. The van der Waals surface area contributed by atoms with Gasteiger partial charge in [0.15, 0.2) is 0 Å². The van der Waals surface area contributed by atoms with Crippen molar-refractivity contribution in [1.82, 2.24) is 19.8 Å². The Balaban J connectivity index is 1.67. The Labute approximate surface area is 144 Å². The molecule has 1 saturated heterocycles. The Hall–Kier alpha value is -2.00. The van der Waals surface area contributed by atoms with E-state index in [1.165, 1.54) is 17.7 Å². The summed E-state index contributed by atoms with van der Waals surface area (Å²) in [4.78, 5) is 45.9. The molecule has 1 N–H and O–H groups in total. The fraction of sp³-hybridized carbons (Fsp3) is 0.286. The van der Waals surface area contributed by atoms with Crippen LogP contribution in [0.5, 0.6) is 0 Å². The van der Waals surface area contributed by atoms with Gasteiger partial charge in [-0.3, -0.25) is 14.4 Å². The molecule has 120 valence electrons. The monoisotopic (exact) mass is 396 g/mol. The Morgan fingerprint density at radius 3 is 2.43 bits per heavy atom. The summed E-state index contributed by atoms with van der Waals surface area (Å²) in [5.41, 5.74) is 0.370. The second kappa shape index (κ2) is 6.63. The van der Waals surface area contributed by atoms with Crippen LogP contribution in [0, 0.1) is 0 Å². The molecule has 0 saturated carbocycles. The molecule has 3 heterocycles. The summed E-state index contributed by atoms with van der Waals surface area (Å²) in [5.74, 6) is -0.334. The fourth-order valence-electron chi connectivity index (χ4n) is 2.36. The first-order valence-corrected chi connectivity index (χ1v) is 8.65. The van der Waals surface area contributed by atoms with E-state index in [2.05, 4.69) is 25.9 Å². The number of thiophene rings is 1. The number of nitrogens with zero attached hydrogens (tertiary/aromatic N) is 3. The molecule has 0 radical (unpaired) electrons. The second-order valence-electron chi connectivity index (χ2n) is 4.99. The van der Waals surface area contributed by atoms with E-state index in [4.69, 9.17) is 0 Å². The van der Waals surface area contributed by atoms with E-state index in [0.29, 0.717) is 31.7 Å². The number of halogens is 1. The van der Waals surface area contributed by atoms with Crippen LogP contribution in [0.15, 0.2) is 32.4 Å². The minimum atomic E-state index is -0.394. The fourth-order valence-corrected chi connectivity index (χ4v) is 3.38. The number of carbonyl (C=O) groups excluding carboxylic acids is 2. The lowest BCUT2D eigenvalue weighted by molar-refractivity contribution is 0.0532. The van der Waals surface area contributed by atoms with Crippen molar-refractivity contribution >= 4 is 39.1 Å². The van der Waals surface area contributed by atoms with E-state index in [1.54, 1.807) is 15.9 Å². The lowest BCUT2D eigenvalue weighted by atomic mass is 10.2. The maximum Gasteiger partial charge on any atom is 0.274 e. The molecule has 0 spiro atoms. The highest BCUT2D eigenvalue weighted by Gasteiger charge is 2.27. The molecule has 0 bridgehead atoms. The topological polar surface area (TPSA) is 86.4 Å². The van der Waals surface area contributed by atoms with Crippen LogP contribution in [0.1, 0.15) is 20.8 Å². The quantitative estimate of drug-likeness (QED) is 0.825. The minimum Gasteiger partial charge on any atom is -0.335 e. The van der Waals surface area contributed by atoms with E-state index in [-0.39, 0.29) is 22.0 Å². The highest BCUT2D eigenvalue weighted by atomic mass is 79.9. The average molecular weight is 397 g/mol. The normalized spacial score (nSPS) is 14.8. The number of carbonyl (C=O) groups is 2. The van der Waals surface area contributed by atoms with Crippen LogP contribution in [-0.2, 0) is 0 Å². The highest BCUT2D eigenvalue weighted by molar-refractivity contribution is 9.10. The van der Waals surface area contributed by atoms with Gasteiger partial charge < -0.3 is 14.8 Å². The molecule has 7 nitrogen and oxygen atoms in total. The van der Waals surface area contributed by atoms with E-state index in [0.717, 1.165) is 0 Å². The summed E-state index contributed by atoms with van der Waals surface area (Å²) in [6, 6.07) is 1.79. The first-order chi connectivity index (χ1) is 11.1. The predicted molar refractivity (Wildman–Crippen MR) is 88.7 cm³/mol. The molecule has 2 aromatic rings.